The summed E-state index contributed by atoms with van der Waals surface area (Å²) in [6, 6.07) is 8.26. The number of hydrogen-bond acceptors (Lipinski definition) is 6. The molecule has 0 amide bonds. The van der Waals surface area contributed by atoms with Crippen LogP contribution in [0.4, 0.5) is 0 Å². The predicted octanol–water partition coefficient (Wildman–Crippen LogP) is 4.03. The zero-order valence-corrected chi connectivity index (χ0v) is 19.5. The summed E-state index contributed by atoms with van der Waals surface area (Å²) in [6.45, 7) is 14.4. The van der Waals surface area contributed by atoms with Crippen molar-refractivity contribution >= 4 is 9.84 Å². The van der Waals surface area contributed by atoms with Crippen LogP contribution in [0.15, 0.2) is 33.1 Å². The molecule has 0 N–H and O–H groups in total. The Balaban J connectivity index is 1.89. The molecule has 29 heavy (non-hydrogen) atoms. The first-order chi connectivity index (χ1) is 13.6. The van der Waals surface area contributed by atoms with Crippen molar-refractivity contribution in [2.45, 2.75) is 66.7 Å². The van der Waals surface area contributed by atoms with Gasteiger partial charge in [0.2, 0.25) is 0 Å². The van der Waals surface area contributed by atoms with Gasteiger partial charge in [-0.05, 0) is 65.8 Å². The fraction of sp³-hybridized carbons (Fsp3) is 0.636. The van der Waals surface area contributed by atoms with Gasteiger partial charge in [-0.2, -0.15) is 0 Å². The Morgan fingerprint density at radius 2 is 1.14 bits per heavy atom. The minimum absolute atomic E-state index is 0.149. The Hall–Kier alpha value is -1.57. The van der Waals surface area contributed by atoms with E-state index in [0.29, 0.717) is 26.2 Å². The van der Waals surface area contributed by atoms with E-state index < -0.39 is 9.84 Å². The van der Waals surface area contributed by atoms with Gasteiger partial charge < -0.3 is 8.83 Å². The van der Waals surface area contributed by atoms with Gasteiger partial charge in [0.05, 0.1) is 24.6 Å². The molecule has 2 rings (SSSR count). The van der Waals surface area contributed by atoms with Crippen molar-refractivity contribution in [3.8, 4) is 0 Å². The first-order valence-electron chi connectivity index (χ1n) is 10.3. The highest BCUT2D eigenvalue weighted by molar-refractivity contribution is 7.91. The summed E-state index contributed by atoms with van der Waals surface area (Å²) in [6.07, 6.45) is 0. The van der Waals surface area contributed by atoms with Gasteiger partial charge in [0.1, 0.15) is 23.0 Å². The molecule has 0 spiro atoms. The third-order valence-electron chi connectivity index (χ3n) is 5.15. The number of sulfone groups is 1. The zero-order chi connectivity index (χ0) is 21.6. The lowest BCUT2D eigenvalue weighted by Crippen LogP contribution is -2.38. The zero-order valence-electron chi connectivity index (χ0n) is 18.6. The van der Waals surface area contributed by atoms with Gasteiger partial charge in [0.25, 0.3) is 0 Å². The van der Waals surface area contributed by atoms with Crippen molar-refractivity contribution in [3.63, 3.8) is 0 Å². The number of furan rings is 2. The van der Waals surface area contributed by atoms with Gasteiger partial charge in [0, 0.05) is 25.2 Å². The highest BCUT2D eigenvalue weighted by Crippen LogP contribution is 2.14. The second-order valence-electron chi connectivity index (χ2n) is 8.30. The van der Waals surface area contributed by atoms with Crippen LogP contribution in [-0.4, -0.2) is 54.9 Å². The Kier molecular flexibility index (Phi) is 8.55. The van der Waals surface area contributed by atoms with Gasteiger partial charge >= 0.3 is 0 Å². The minimum Gasteiger partial charge on any atom is -0.465 e. The maximum atomic E-state index is 12.7. The summed E-state index contributed by atoms with van der Waals surface area (Å²) >= 11 is 0. The lowest BCUT2D eigenvalue weighted by molar-refractivity contribution is 0.204. The Bertz CT molecular complexity index is 788. The molecule has 0 aliphatic carbocycles. The van der Waals surface area contributed by atoms with Gasteiger partial charge in [-0.15, -0.1) is 0 Å². The SMILES string of the molecule is Cc1ccc(CN(CCS(=O)(=O)CCN(Cc2ccc(C)o2)C(C)C)C(C)C)o1. The van der Waals surface area contributed by atoms with Crippen LogP contribution in [-0.2, 0) is 22.9 Å². The first kappa shape index (κ1) is 23.7. The van der Waals surface area contributed by atoms with Gasteiger partial charge in [0.15, 0.2) is 9.84 Å². The molecule has 6 nitrogen and oxygen atoms in total. The average Bonchev–Trinajstić information content (AvgIpc) is 3.22. The quantitative estimate of drug-likeness (QED) is 0.513. The number of hydrogen-bond donors (Lipinski definition) is 0. The van der Waals surface area contributed by atoms with Crippen LogP contribution < -0.4 is 0 Å². The molecule has 0 aromatic carbocycles. The normalized spacial score (nSPS) is 12.8. The highest BCUT2D eigenvalue weighted by atomic mass is 32.2. The molecule has 0 aliphatic heterocycles. The molecule has 2 aromatic rings. The van der Waals surface area contributed by atoms with E-state index in [1.54, 1.807) is 0 Å². The van der Waals surface area contributed by atoms with E-state index in [1.165, 1.54) is 0 Å². The molecule has 0 radical (unpaired) electrons. The number of aryl methyl sites for hydroxylation is 2. The molecule has 0 aliphatic rings. The Morgan fingerprint density at radius 1 is 0.759 bits per heavy atom. The van der Waals surface area contributed by atoms with Crippen LogP contribution in [0, 0.1) is 13.8 Å². The van der Waals surface area contributed by atoms with Crippen molar-refractivity contribution in [1.82, 2.24) is 9.80 Å². The summed E-state index contributed by atoms with van der Waals surface area (Å²) in [5.74, 6) is 3.78. The highest BCUT2D eigenvalue weighted by Gasteiger charge is 2.20. The summed E-state index contributed by atoms with van der Waals surface area (Å²) in [7, 11) is -3.16. The largest absolute Gasteiger partial charge is 0.465 e. The Labute approximate surface area is 175 Å². The molecule has 0 saturated heterocycles. The molecule has 0 atom stereocenters. The number of nitrogens with zero attached hydrogens (tertiary/aromatic N) is 2. The first-order valence-corrected chi connectivity index (χ1v) is 12.2. The summed E-state index contributed by atoms with van der Waals surface area (Å²) < 4.78 is 36.7. The molecule has 2 aromatic heterocycles. The van der Waals surface area contributed by atoms with Crippen LogP contribution in [0.1, 0.15) is 50.7 Å². The van der Waals surface area contributed by atoms with Gasteiger partial charge in [-0.3, -0.25) is 9.80 Å². The second-order valence-corrected chi connectivity index (χ2v) is 10.6. The maximum Gasteiger partial charge on any atom is 0.152 e. The fourth-order valence-electron chi connectivity index (χ4n) is 3.19. The van der Waals surface area contributed by atoms with Crippen molar-refractivity contribution in [3.05, 3.63) is 47.3 Å². The van der Waals surface area contributed by atoms with Crippen molar-refractivity contribution in [2.24, 2.45) is 0 Å². The van der Waals surface area contributed by atoms with Crippen LogP contribution in [0.3, 0.4) is 0 Å². The fourth-order valence-corrected chi connectivity index (χ4v) is 4.42. The van der Waals surface area contributed by atoms with Gasteiger partial charge in [-0.25, -0.2) is 8.42 Å². The lowest BCUT2D eigenvalue weighted by atomic mass is 10.3. The van der Waals surface area contributed by atoms with E-state index >= 15 is 0 Å². The van der Waals surface area contributed by atoms with Crippen molar-refractivity contribution in [2.75, 3.05) is 24.6 Å². The van der Waals surface area contributed by atoms with E-state index in [1.807, 2.05) is 38.1 Å². The smallest absolute Gasteiger partial charge is 0.152 e. The standard InChI is InChI=1S/C22H36N2O4S/c1-17(2)23(15-21-9-7-19(5)27-21)11-13-29(25,26)14-12-24(18(3)4)16-22-10-8-20(6)28-22/h7-10,17-18H,11-16H2,1-6H3. The van der Waals surface area contributed by atoms with E-state index in [-0.39, 0.29) is 23.6 Å². The van der Waals surface area contributed by atoms with Crippen LogP contribution in [0.25, 0.3) is 0 Å². The molecule has 0 fully saturated rings. The van der Waals surface area contributed by atoms with E-state index in [2.05, 4.69) is 37.5 Å². The Morgan fingerprint density at radius 3 is 1.41 bits per heavy atom. The molecular formula is C22H36N2O4S. The monoisotopic (exact) mass is 424 g/mol. The lowest BCUT2D eigenvalue weighted by Gasteiger charge is -2.27. The third-order valence-corrected chi connectivity index (χ3v) is 6.76. The van der Waals surface area contributed by atoms with Crippen molar-refractivity contribution < 1.29 is 17.3 Å². The molecule has 0 unspecified atom stereocenters. The molecule has 2 heterocycles. The summed E-state index contributed by atoms with van der Waals surface area (Å²) in [5.41, 5.74) is 0. The summed E-state index contributed by atoms with van der Waals surface area (Å²) in [4.78, 5) is 4.28. The molecule has 164 valence electrons. The topological polar surface area (TPSA) is 66.9 Å². The maximum absolute atomic E-state index is 12.7. The molecule has 0 saturated carbocycles. The van der Waals surface area contributed by atoms with Crippen LogP contribution in [0.5, 0.6) is 0 Å². The van der Waals surface area contributed by atoms with Crippen LogP contribution >= 0.6 is 0 Å². The number of rotatable bonds is 12. The molecule has 0 bridgehead atoms. The van der Waals surface area contributed by atoms with E-state index in [9.17, 15) is 8.42 Å². The van der Waals surface area contributed by atoms with Crippen molar-refractivity contribution in [1.29, 1.82) is 0 Å². The predicted molar refractivity (Wildman–Crippen MR) is 117 cm³/mol. The minimum atomic E-state index is -3.16. The van der Waals surface area contributed by atoms with Crippen LogP contribution in [0.2, 0.25) is 0 Å². The van der Waals surface area contributed by atoms with Gasteiger partial charge in [-0.1, -0.05) is 0 Å². The molecular weight excluding hydrogens is 388 g/mol. The average molecular weight is 425 g/mol. The summed E-state index contributed by atoms with van der Waals surface area (Å²) in [5, 5.41) is 0. The van der Waals surface area contributed by atoms with E-state index in [0.717, 1.165) is 23.0 Å². The third kappa shape index (κ3) is 7.99. The van der Waals surface area contributed by atoms with E-state index in [4.69, 9.17) is 8.83 Å². The molecule has 7 heteroatoms. The second kappa shape index (κ2) is 10.5.